The first kappa shape index (κ1) is 12.6. The van der Waals surface area contributed by atoms with Gasteiger partial charge in [-0.15, -0.1) is 0 Å². The molecule has 0 rings (SSSR count). The van der Waals surface area contributed by atoms with Gasteiger partial charge in [0.2, 0.25) is 0 Å². The van der Waals surface area contributed by atoms with Crippen LogP contribution in [0.4, 0.5) is 0 Å². The standard InChI is InChI=1S/C13H19N/c1-6-11(2)7-8-12(3)13(4)9-10-14-5/h6-10H,3H2,1-2,4-5H3/b8-7-,11-6-,13-9+,14-10?. The summed E-state index contributed by atoms with van der Waals surface area (Å²) in [5, 5.41) is 0. The molecule has 0 saturated carbocycles. The molecule has 0 spiro atoms. The SMILES string of the molecule is C=C(/C=C\C(C)=C/C)/C(C)=C/C=NC. The second kappa shape index (κ2) is 7.07. The van der Waals surface area contributed by atoms with Crippen LogP contribution in [0.5, 0.6) is 0 Å². The Bertz CT molecular complexity index is 301. The van der Waals surface area contributed by atoms with Crippen LogP contribution in [-0.2, 0) is 0 Å². The van der Waals surface area contributed by atoms with Crippen molar-refractivity contribution in [1.82, 2.24) is 0 Å². The molecule has 0 heterocycles. The maximum absolute atomic E-state index is 3.97. The Balaban J connectivity index is 4.43. The van der Waals surface area contributed by atoms with E-state index in [1.54, 1.807) is 13.3 Å². The van der Waals surface area contributed by atoms with Gasteiger partial charge in [-0.1, -0.05) is 30.4 Å². The molecule has 0 atom stereocenters. The molecule has 0 aromatic rings. The molecule has 0 amide bonds. The van der Waals surface area contributed by atoms with Crippen LogP contribution < -0.4 is 0 Å². The van der Waals surface area contributed by atoms with E-state index in [1.807, 2.05) is 26.0 Å². The molecular formula is C13H19N. The molecule has 0 bridgehead atoms. The highest BCUT2D eigenvalue weighted by molar-refractivity contribution is 5.73. The number of allylic oxidation sites excluding steroid dienone is 7. The van der Waals surface area contributed by atoms with Crippen LogP contribution in [-0.4, -0.2) is 13.3 Å². The van der Waals surface area contributed by atoms with Crippen LogP contribution >= 0.6 is 0 Å². The van der Waals surface area contributed by atoms with Gasteiger partial charge in [-0.2, -0.15) is 0 Å². The predicted molar refractivity (Wildman–Crippen MR) is 65.9 cm³/mol. The molecule has 1 heteroatoms. The third-order valence-corrected chi connectivity index (χ3v) is 1.98. The van der Waals surface area contributed by atoms with Gasteiger partial charge < -0.3 is 0 Å². The molecule has 0 fully saturated rings. The minimum atomic E-state index is 1.02. The van der Waals surface area contributed by atoms with Gasteiger partial charge in [-0.05, 0) is 38.0 Å². The molecule has 0 aliphatic carbocycles. The Morgan fingerprint density at radius 3 is 2.36 bits per heavy atom. The fraction of sp³-hybridized carbons (Fsp3) is 0.308. The van der Waals surface area contributed by atoms with E-state index in [-0.39, 0.29) is 0 Å². The first-order chi connectivity index (χ1) is 6.61. The van der Waals surface area contributed by atoms with Crippen LogP contribution in [0.1, 0.15) is 20.8 Å². The highest BCUT2D eigenvalue weighted by Gasteiger charge is 1.89. The van der Waals surface area contributed by atoms with E-state index in [4.69, 9.17) is 0 Å². The number of aliphatic imine (C=N–C) groups is 1. The molecule has 76 valence electrons. The van der Waals surface area contributed by atoms with E-state index >= 15 is 0 Å². The molecule has 1 nitrogen and oxygen atoms in total. The van der Waals surface area contributed by atoms with Gasteiger partial charge in [0.1, 0.15) is 0 Å². The largest absolute Gasteiger partial charge is 0.297 e. The second-order valence-corrected chi connectivity index (χ2v) is 3.15. The predicted octanol–water partition coefficient (Wildman–Crippen LogP) is 3.71. The van der Waals surface area contributed by atoms with Crippen molar-refractivity contribution in [2.45, 2.75) is 20.8 Å². The number of hydrogen-bond acceptors (Lipinski definition) is 1. The highest BCUT2D eigenvalue weighted by Crippen LogP contribution is 2.08. The van der Waals surface area contributed by atoms with Crippen molar-refractivity contribution in [2.75, 3.05) is 7.05 Å². The zero-order valence-corrected chi connectivity index (χ0v) is 9.54. The molecule has 14 heavy (non-hydrogen) atoms. The van der Waals surface area contributed by atoms with Crippen molar-refractivity contribution < 1.29 is 0 Å². The molecular weight excluding hydrogens is 170 g/mol. The summed E-state index contributed by atoms with van der Waals surface area (Å²) in [5.74, 6) is 0. The second-order valence-electron chi connectivity index (χ2n) is 3.15. The lowest BCUT2D eigenvalue weighted by molar-refractivity contribution is 1.41. The maximum Gasteiger partial charge on any atom is 0.0277 e. The summed E-state index contributed by atoms with van der Waals surface area (Å²) in [7, 11) is 1.76. The van der Waals surface area contributed by atoms with Gasteiger partial charge in [0.15, 0.2) is 0 Å². The number of rotatable bonds is 4. The zero-order chi connectivity index (χ0) is 11.0. The van der Waals surface area contributed by atoms with Crippen molar-refractivity contribution in [3.05, 3.63) is 47.6 Å². The lowest BCUT2D eigenvalue weighted by atomic mass is 10.1. The molecule has 0 aliphatic rings. The third-order valence-electron chi connectivity index (χ3n) is 1.98. The summed E-state index contributed by atoms with van der Waals surface area (Å²) < 4.78 is 0. The van der Waals surface area contributed by atoms with E-state index in [1.165, 1.54) is 5.57 Å². The van der Waals surface area contributed by atoms with Gasteiger partial charge >= 0.3 is 0 Å². The van der Waals surface area contributed by atoms with Gasteiger partial charge in [0.25, 0.3) is 0 Å². The van der Waals surface area contributed by atoms with Crippen molar-refractivity contribution in [1.29, 1.82) is 0 Å². The zero-order valence-electron chi connectivity index (χ0n) is 9.54. The lowest BCUT2D eigenvalue weighted by Crippen LogP contribution is -1.80. The van der Waals surface area contributed by atoms with Crippen LogP contribution in [0.3, 0.4) is 0 Å². The average Bonchev–Trinajstić information content (AvgIpc) is 2.21. The minimum Gasteiger partial charge on any atom is -0.297 e. The minimum absolute atomic E-state index is 1.02. The summed E-state index contributed by atoms with van der Waals surface area (Å²) in [6, 6.07) is 0. The van der Waals surface area contributed by atoms with Gasteiger partial charge in [-0.3, -0.25) is 4.99 Å². The Morgan fingerprint density at radius 1 is 1.21 bits per heavy atom. The molecule has 0 saturated heterocycles. The molecule has 0 unspecified atom stereocenters. The summed E-state index contributed by atoms with van der Waals surface area (Å²) in [4.78, 5) is 3.89. The molecule has 0 radical (unpaired) electrons. The Kier molecular flexibility index (Phi) is 6.38. The van der Waals surface area contributed by atoms with E-state index in [0.717, 1.165) is 11.1 Å². The van der Waals surface area contributed by atoms with Crippen molar-refractivity contribution in [3.8, 4) is 0 Å². The quantitative estimate of drug-likeness (QED) is 0.472. The van der Waals surface area contributed by atoms with Gasteiger partial charge in [0, 0.05) is 13.3 Å². The Labute approximate surface area is 87.3 Å². The van der Waals surface area contributed by atoms with Crippen LogP contribution in [0.25, 0.3) is 0 Å². The first-order valence-corrected chi connectivity index (χ1v) is 4.71. The Morgan fingerprint density at radius 2 is 1.86 bits per heavy atom. The highest BCUT2D eigenvalue weighted by atomic mass is 14.6. The fourth-order valence-corrected chi connectivity index (χ4v) is 0.753. The monoisotopic (exact) mass is 189 g/mol. The smallest absolute Gasteiger partial charge is 0.0277 e. The van der Waals surface area contributed by atoms with E-state index in [9.17, 15) is 0 Å². The third kappa shape index (κ3) is 5.31. The maximum atomic E-state index is 3.97. The van der Waals surface area contributed by atoms with E-state index in [0.29, 0.717) is 0 Å². The number of nitrogens with zero attached hydrogens (tertiary/aromatic N) is 1. The van der Waals surface area contributed by atoms with E-state index < -0.39 is 0 Å². The number of hydrogen-bond donors (Lipinski definition) is 0. The average molecular weight is 189 g/mol. The van der Waals surface area contributed by atoms with Crippen LogP contribution in [0.15, 0.2) is 52.6 Å². The normalized spacial score (nSPS) is 14.3. The van der Waals surface area contributed by atoms with Crippen molar-refractivity contribution in [3.63, 3.8) is 0 Å². The molecule has 0 aliphatic heterocycles. The van der Waals surface area contributed by atoms with Crippen LogP contribution in [0.2, 0.25) is 0 Å². The Hall–Kier alpha value is -1.37. The van der Waals surface area contributed by atoms with Gasteiger partial charge in [-0.25, -0.2) is 0 Å². The van der Waals surface area contributed by atoms with Crippen LogP contribution in [0, 0.1) is 0 Å². The van der Waals surface area contributed by atoms with Crippen molar-refractivity contribution in [2.24, 2.45) is 4.99 Å². The van der Waals surface area contributed by atoms with Gasteiger partial charge in [0.05, 0.1) is 0 Å². The topological polar surface area (TPSA) is 12.4 Å². The van der Waals surface area contributed by atoms with E-state index in [2.05, 4.69) is 30.6 Å². The summed E-state index contributed by atoms with van der Waals surface area (Å²) in [6.45, 7) is 10.1. The fourth-order valence-electron chi connectivity index (χ4n) is 0.753. The lowest BCUT2D eigenvalue weighted by Gasteiger charge is -1.98. The summed E-state index contributed by atoms with van der Waals surface area (Å²) in [6.07, 6.45) is 9.87. The summed E-state index contributed by atoms with van der Waals surface area (Å²) >= 11 is 0. The molecule has 0 aromatic carbocycles. The van der Waals surface area contributed by atoms with Crippen molar-refractivity contribution >= 4 is 6.21 Å². The molecule has 0 N–H and O–H groups in total. The first-order valence-electron chi connectivity index (χ1n) is 4.71. The molecule has 0 aromatic heterocycles. The summed E-state index contributed by atoms with van der Waals surface area (Å²) in [5.41, 5.74) is 3.39.